The number of aromatic nitrogens is 2. The van der Waals surface area contributed by atoms with Gasteiger partial charge in [0.25, 0.3) is 0 Å². The van der Waals surface area contributed by atoms with Gasteiger partial charge in [-0.15, -0.1) is 0 Å². The first-order chi connectivity index (χ1) is 9.28. The van der Waals surface area contributed by atoms with E-state index >= 15 is 0 Å². The highest BCUT2D eigenvalue weighted by atomic mass is 16.5. The molecule has 2 heterocycles. The highest BCUT2D eigenvalue weighted by molar-refractivity contribution is 5.56. The lowest BCUT2D eigenvalue weighted by molar-refractivity contribution is 0.458. The maximum atomic E-state index is 6.01. The molecule has 3 rings (SSSR count). The van der Waals surface area contributed by atoms with E-state index in [1.54, 1.807) is 6.20 Å². The van der Waals surface area contributed by atoms with Crippen molar-refractivity contribution >= 4 is 11.3 Å². The van der Waals surface area contributed by atoms with Crippen LogP contribution in [-0.2, 0) is 6.42 Å². The van der Waals surface area contributed by atoms with Gasteiger partial charge in [-0.3, -0.25) is 4.40 Å². The molecule has 0 fully saturated rings. The molecule has 19 heavy (non-hydrogen) atoms. The largest absolute Gasteiger partial charge is 0.438 e. The molecule has 0 aliphatic carbocycles. The summed E-state index contributed by atoms with van der Waals surface area (Å²) in [5.74, 6) is 1.37. The number of anilines is 1. The van der Waals surface area contributed by atoms with Crippen LogP contribution in [0.4, 0.5) is 5.69 Å². The van der Waals surface area contributed by atoms with Crippen molar-refractivity contribution in [2.24, 2.45) is 0 Å². The minimum atomic E-state index is 0.650. The summed E-state index contributed by atoms with van der Waals surface area (Å²) >= 11 is 0. The minimum Gasteiger partial charge on any atom is -0.438 e. The van der Waals surface area contributed by atoms with Crippen molar-refractivity contribution in [3.8, 4) is 11.6 Å². The molecule has 0 spiro atoms. The predicted molar refractivity (Wildman–Crippen MR) is 75.5 cm³/mol. The quantitative estimate of drug-likeness (QED) is 0.729. The van der Waals surface area contributed by atoms with Gasteiger partial charge >= 0.3 is 0 Å². The van der Waals surface area contributed by atoms with Gasteiger partial charge in [-0.05, 0) is 36.2 Å². The number of nitrogen functional groups attached to an aromatic ring is 1. The fourth-order valence-corrected chi connectivity index (χ4v) is 2.03. The third-order valence-electron chi connectivity index (χ3n) is 3.09. The van der Waals surface area contributed by atoms with Crippen LogP contribution in [0.5, 0.6) is 11.6 Å². The van der Waals surface area contributed by atoms with E-state index in [1.165, 1.54) is 5.56 Å². The molecule has 0 amide bonds. The maximum absolute atomic E-state index is 6.01. The summed E-state index contributed by atoms with van der Waals surface area (Å²) < 4.78 is 7.76. The fraction of sp³-hybridized carbons (Fsp3) is 0.133. The third kappa shape index (κ3) is 2.12. The Hall–Kier alpha value is -2.49. The van der Waals surface area contributed by atoms with E-state index < -0.39 is 0 Å². The Morgan fingerprint density at radius 3 is 2.95 bits per heavy atom. The zero-order valence-corrected chi connectivity index (χ0v) is 10.7. The molecule has 0 radical (unpaired) electrons. The van der Waals surface area contributed by atoms with Crippen molar-refractivity contribution in [3.05, 3.63) is 54.4 Å². The average molecular weight is 253 g/mol. The first-order valence-corrected chi connectivity index (χ1v) is 6.26. The number of ether oxygens (including phenoxy) is 1. The van der Waals surface area contributed by atoms with E-state index in [0.717, 1.165) is 12.1 Å². The van der Waals surface area contributed by atoms with Crippen LogP contribution in [0.1, 0.15) is 12.5 Å². The maximum Gasteiger partial charge on any atom is 0.205 e. The predicted octanol–water partition coefficient (Wildman–Crippen LogP) is 3.27. The fourth-order valence-electron chi connectivity index (χ4n) is 2.03. The van der Waals surface area contributed by atoms with Crippen LogP contribution >= 0.6 is 0 Å². The van der Waals surface area contributed by atoms with E-state index in [1.807, 2.05) is 47.0 Å². The molecule has 0 aliphatic rings. The second-order valence-electron chi connectivity index (χ2n) is 4.35. The number of rotatable bonds is 3. The van der Waals surface area contributed by atoms with E-state index in [4.69, 9.17) is 10.5 Å². The Bertz CT molecular complexity index is 718. The molecule has 2 aromatic heterocycles. The molecule has 1 aromatic carbocycles. The first kappa shape index (κ1) is 11.6. The molecule has 0 saturated carbocycles. The molecule has 0 bridgehead atoms. The first-order valence-electron chi connectivity index (χ1n) is 6.26. The summed E-state index contributed by atoms with van der Waals surface area (Å²) in [5.41, 5.74) is 8.71. The molecule has 4 nitrogen and oxygen atoms in total. The lowest BCUT2D eigenvalue weighted by Gasteiger charge is -2.11. The van der Waals surface area contributed by atoms with Crippen molar-refractivity contribution in [2.75, 3.05) is 5.73 Å². The second kappa shape index (κ2) is 4.65. The minimum absolute atomic E-state index is 0.650. The Morgan fingerprint density at radius 1 is 1.26 bits per heavy atom. The van der Waals surface area contributed by atoms with Gasteiger partial charge in [-0.1, -0.05) is 19.1 Å². The van der Waals surface area contributed by atoms with Crippen molar-refractivity contribution in [1.29, 1.82) is 0 Å². The summed E-state index contributed by atoms with van der Waals surface area (Å²) in [6.45, 7) is 2.10. The summed E-state index contributed by atoms with van der Waals surface area (Å²) in [6.07, 6.45) is 4.56. The van der Waals surface area contributed by atoms with Gasteiger partial charge in [0.2, 0.25) is 5.88 Å². The smallest absolute Gasteiger partial charge is 0.205 e. The Kier molecular flexibility index (Phi) is 2.83. The van der Waals surface area contributed by atoms with Crippen LogP contribution < -0.4 is 10.5 Å². The van der Waals surface area contributed by atoms with E-state index in [-0.39, 0.29) is 0 Å². The summed E-state index contributed by atoms with van der Waals surface area (Å²) in [6, 6.07) is 11.6. The molecule has 4 heteroatoms. The van der Waals surface area contributed by atoms with Crippen LogP contribution in [0.25, 0.3) is 5.65 Å². The number of pyridine rings is 1. The molecule has 0 aliphatic heterocycles. The Morgan fingerprint density at radius 2 is 2.16 bits per heavy atom. The highest BCUT2D eigenvalue weighted by Gasteiger charge is 2.06. The number of hydrogen-bond acceptors (Lipinski definition) is 3. The molecular formula is C15H15N3O. The number of benzene rings is 1. The molecule has 3 aromatic rings. The summed E-state index contributed by atoms with van der Waals surface area (Å²) in [5, 5.41) is 0. The van der Waals surface area contributed by atoms with Gasteiger partial charge in [-0.2, -0.15) is 0 Å². The lowest BCUT2D eigenvalue weighted by atomic mass is 10.1. The number of imidazole rings is 1. The lowest BCUT2D eigenvalue weighted by Crippen LogP contribution is -1.97. The number of nitrogens with two attached hydrogens (primary N) is 1. The van der Waals surface area contributed by atoms with Gasteiger partial charge in [0.05, 0.1) is 5.69 Å². The van der Waals surface area contributed by atoms with Crippen molar-refractivity contribution in [1.82, 2.24) is 9.38 Å². The van der Waals surface area contributed by atoms with E-state index in [9.17, 15) is 0 Å². The van der Waals surface area contributed by atoms with Crippen LogP contribution in [-0.4, -0.2) is 9.38 Å². The van der Waals surface area contributed by atoms with Crippen LogP contribution in [0.3, 0.4) is 0 Å². The Labute approximate surface area is 111 Å². The molecule has 0 unspecified atom stereocenters. The van der Waals surface area contributed by atoms with E-state index in [0.29, 0.717) is 17.3 Å². The van der Waals surface area contributed by atoms with Crippen molar-refractivity contribution in [3.63, 3.8) is 0 Å². The highest BCUT2D eigenvalue weighted by Crippen LogP contribution is 2.28. The molecular weight excluding hydrogens is 238 g/mol. The van der Waals surface area contributed by atoms with Gasteiger partial charge in [0, 0.05) is 12.4 Å². The monoisotopic (exact) mass is 253 g/mol. The SMILES string of the molecule is CCc1ccc(Oc2cccc3nccn23)c(N)c1. The summed E-state index contributed by atoms with van der Waals surface area (Å²) in [4.78, 5) is 4.22. The van der Waals surface area contributed by atoms with Crippen molar-refractivity contribution < 1.29 is 4.74 Å². The topological polar surface area (TPSA) is 52.5 Å². The van der Waals surface area contributed by atoms with Crippen molar-refractivity contribution in [2.45, 2.75) is 13.3 Å². The Balaban J connectivity index is 1.99. The van der Waals surface area contributed by atoms with Gasteiger partial charge < -0.3 is 10.5 Å². The van der Waals surface area contributed by atoms with Gasteiger partial charge in [0.15, 0.2) is 5.75 Å². The number of nitrogens with zero attached hydrogens (tertiary/aromatic N) is 2. The van der Waals surface area contributed by atoms with Crippen LogP contribution in [0.15, 0.2) is 48.8 Å². The third-order valence-corrected chi connectivity index (χ3v) is 3.09. The average Bonchev–Trinajstić information content (AvgIpc) is 2.90. The number of fused-ring (bicyclic) bond motifs is 1. The van der Waals surface area contributed by atoms with Gasteiger partial charge in [-0.25, -0.2) is 4.98 Å². The zero-order chi connectivity index (χ0) is 13.2. The van der Waals surface area contributed by atoms with E-state index in [2.05, 4.69) is 11.9 Å². The summed E-state index contributed by atoms with van der Waals surface area (Å²) in [7, 11) is 0. The normalized spacial score (nSPS) is 10.8. The number of hydrogen-bond donors (Lipinski definition) is 1. The van der Waals surface area contributed by atoms with Crippen LogP contribution in [0, 0.1) is 0 Å². The van der Waals surface area contributed by atoms with Gasteiger partial charge in [0.1, 0.15) is 5.65 Å². The molecule has 2 N–H and O–H groups in total. The molecule has 96 valence electrons. The zero-order valence-electron chi connectivity index (χ0n) is 10.7. The van der Waals surface area contributed by atoms with Crippen LogP contribution in [0.2, 0.25) is 0 Å². The standard InChI is InChI=1S/C15H15N3O/c1-2-11-6-7-13(12(16)10-11)19-15-5-3-4-14-17-8-9-18(14)15/h3-10H,2,16H2,1H3. The number of aryl methyl sites for hydroxylation is 1. The molecule has 0 atom stereocenters. The molecule has 0 saturated heterocycles. The second-order valence-corrected chi connectivity index (χ2v) is 4.35.